The molecule has 0 bridgehead atoms. The molecular weight excluding hydrogens is 352 g/mol. The molecule has 0 atom stereocenters. The number of hydrogen-bond donors (Lipinski definition) is 1. The monoisotopic (exact) mass is 374 g/mol. The Morgan fingerprint density at radius 3 is 2.07 bits per heavy atom. The number of amides is 1. The van der Waals surface area contributed by atoms with Gasteiger partial charge in [-0.15, -0.1) is 0 Å². The fraction of sp³-hybridized carbons (Fsp3) is 0.174. The number of carbonyl (C=O) groups is 1. The van der Waals surface area contributed by atoms with E-state index in [2.05, 4.69) is 34.5 Å². The summed E-state index contributed by atoms with van der Waals surface area (Å²) in [6, 6.07) is 25.8. The van der Waals surface area contributed by atoms with Crippen LogP contribution in [0.3, 0.4) is 0 Å². The summed E-state index contributed by atoms with van der Waals surface area (Å²) in [6.45, 7) is 1.90. The van der Waals surface area contributed by atoms with E-state index >= 15 is 0 Å². The maximum absolute atomic E-state index is 12.7. The number of fused-ring (bicyclic) bond motifs is 1. The number of nitrogens with zero attached hydrogens (tertiary/aromatic N) is 1. The van der Waals surface area contributed by atoms with Gasteiger partial charge in [-0.25, -0.2) is 0 Å². The van der Waals surface area contributed by atoms with Crippen LogP contribution in [0.2, 0.25) is 0 Å². The molecule has 0 radical (unpaired) electrons. The average Bonchev–Trinajstić information content (AvgIpc) is 3.17. The molecule has 28 heavy (non-hydrogen) atoms. The summed E-state index contributed by atoms with van der Waals surface area (Å²) in [7, 11) is 0. The zero-order valence-electron chi connectivity index (χ0n) is 15.5. The van der Waals surface area contributed by atoms with Crippen LogP contribution >= 0.6 is 0 Å². The average molecular weight is 374 g/mol. The van der Waals surface area contributed by atoms with Crippen molar-refractivity contribution in [1.82, 2.24) is 4.90 Å². The molecule has 1 N–H and O–H groups in total. The Kier molecular flexibility index (Phi) is 5.54. The van der Waals surface area contributed by atoms with Crippen LogP contribution in [0.1, 0.15) is 11.1 Å². The van der Waals surface area contributed by atoms with E-state index in [4.69, 9.17) is 9.47 Å². The third kappa shape index (κ3) is 4.69. The summed E-state index contributed by atoms with van der Waals surface area (Å²) in [5, 5.41) is 2.96. The zero-order chi connectivity index (χ0) is 19.2. The minimum absolute atomic E-state index is 0.0641. The Labute approximate surface area is 164 Å². The Hall–Kier alpha value is -3.31. The second-order valence-corrected chi connectivity index (χ2v) is 6.73. The van der Waals surface area contributed by atoms with Crippen LogP contribution in [0.4, 0.5) is 5.69 Å². The highest BCUT2D eigenvalue weighted by Crippen LogP contribution is 2.34. The molecule has 1 amide bonds. The normalized spacial score (nSPS) is 12.2. The molecule has 0 unspecified atom stereocenters. The Bertz CT molecular complexity index is 888. The molecule has 5 heteroatoms. The van der Waals surface area contributed by atoms with Gasteiger partial charge in [0.2, 0.25) is 12.7 Å². The first kappa shape index (κ1) is 18.1. The van der Waals surface area contributed by atoms with Crippen molar-refractivity contribution < 1.29 is 14.3 Å². The van der Waals surface area contributed by atoms with Gasteiger partial charge in [-0.1, -0.05) is 60.7 Å². The first-order chi connectivity index (χ1) is 13.8. The molecule has 0 spiro atoms. The Morgan fingerprint density at radius 2 is 1.43 bits per heavy atom. The maximum Gasteiger partial charge on any atom is 0.238 e. The molecule has 0 aromatic heterocycles. The van der Waals surface area contributed by atoms with Gasteiger partial charge in [-0.05, 0) is 23.3 Å². The molecule has 1 heterocycles. The molecule has 5 nitrogen and oxygen atoms in total. The number of hydrogen-bond acceptors (Lipinski definition) is 4. The molecule has 142 valence electrons. The molecular formula is C23H22N2O3. The maximum atomic E-state index is 12.7. The highest BCUT2D eigenvalue weighted by atomic mass is 16.7. The summed E-state index contributed by atoms with van der Waals surface area (Å²) in [5.74, 6) is 1.29. The molecule has 0 saturated carbocycles. The molecule has 1 aliphatic heterocycles. The van der Waals surface area contributed by atoms with Crippen LogP contribution in [-0.2, 0) is 17.9 Å². The van der Waals surface area contributed by atoms with Gasteiger partial charge in [0.15, 0.2) is 11.5 Å². The number of rotatable bonds is 7. The molecule has 4 rings (SSSR count). The standard InChI is InChI=1S/C23H22N2O3/c26-23(24-20-11-12-21-22(13-20)28-17-27-21)16-25(14-18-7-3-1-4-8-18)15-19-9-5-2-6-10-19/h1-13H,14-17H2,(H,24,26). The number of anilines is 1. The van der Waals surface area contributed by atoms with Gasteiger partial charge in [0.1, 0.15) is 0 Å². The van der Waals surface area contributed by atoms with Crippen LogP contribution < -0.4 is 14.8 Å². The van der Waals surface area contributed by atoms with E-state index in [1.165, 1.54) is 11.1 Å². The third-order valence-electron chi connectivity index (χ3n) is 4.52. The lowest BCUT2D eigenvalue weighted by Crippen LogP contribution is -2.32. The molecule has 0 saturated heterocycles. The minimum Gasteiger partial charge on any atom is -0.454 e. The first-order valence-electron chi connectivity index (χ1n) is 9.26. The predicted octanol–water partition coefficient (Wildman–Crippen LogP) is 4.06. The fourth-order valence-electron chi connectivity index (χ4n) is 3.23. The van der Waals surface area contributed by atoms with Crippen LogP contribution in [0.25, 0.3) is 0 Å². The summed E-state index contributed by atoms with van der Waals surface area (Å²) in [5.41, 5.74) is 3.05. The van der Waals surface area contributed by atoms with Gasteiger partial charge < -0.3 is 14.8 Å². The van der Waals surface area contributed by atoms with Gasteiger partial charge in [0.25, 0.3) is 0 Å². The third-order valence-corrected chi connectivity index (χ3v) is 4.52. The minimum atomic E-state index is -0.0641. The predicted molar refractivity (Wildman–Crippen MR) is 108 cm³/mol. The highest BCUT2D eigenvalue weighted by molar-refractivity contribution is 5.92. The highest BCUT2D eigenvalue weighted by Gasteiger charge is 2.16. The van der Waals surface area contributed by atoms with Crippen LogP contribution in [0, 0.1) is 0 Å². The van der Waals surface area contributed by atoms with Gasteiger partial charge in [0.05, 0.1) is 6.54 Å². The van der Waals surface area contributed by atoms with Crippen molar-refractivity contribution in [3.05, 3.63) is 90.0 Å². The zero-order valence-corrected chi connectivity index (χ0v) is 15.5. The van der Waals surface area contributed by atoms with E-state index in [9.17, 15) is 4.79 Å². The van der Waals surface area contributed by atoms with E-state index in [-0.39, 0.29) is 19.2 Å². The quantitative estimate of drug-likeness (QED) is 0.678. The van der Waals surface area contributed by atoms with E-state index < -0.39 is 0 Å². The van der Waals surface area contributed by atoms with Gasteiger partial charge in [0, 0.05) is 24.8 Å². The number of nitrogens with one attached hydrogen (secondary N) is 1. The summed E-state index contributed by atoms with van der Waals surface area (Å²) in [4.78, 5) is 14.8. The molecule has 3 aromatic carbocycles. The molecule has 0 aliphatic carbocycles. The van der Waals surface area contributed by atoms with Crippen molar-refractivity contribution >= 4 is 11.6 Å². The van der Waals surface area contributed by atoms with E-state index in [0.29, 0.717) is 30.3 Å². The number of ether oxygens (including phenoxy) is 2. The second kappa shape index (κ2) is 8.59. The van der Waals surface area contributed by atoms with Crippen LogP contribution in [0.5, 0.6) is 11.5 Å². The van der Waals surface area contributed by atoms with Crippen molar-refractivity contribution in [2.45, 2.75) is 13.1 Å². The van der Waals surface area contributed by atoms with E-state index in [1.807, 2.05) is 48.5 Å². The fourth-order valence-corrected chi connectivity index (χ4v) is 3.23. The molecule has 3 aromatic rings. The number of benzene rings is 3. The Morgan fingerprint density at radius 1 is 0.821 bits per heavy atom. The SMILES string of the molecule is O=C(CN(Cc1ccccc1)Cc1ccccc1)Nc1ccc2c(c1)OCO2. The number of carbonyl (C=O) groups excluding carboxylic acids is 1. The first-order valence-corrected chi connectivity index (χ1v) is 9.26. The summed E-state index contributed by atoms with van der Waals surface area (Å²) >= 11 is 0. The van der Waals surface area contributed by atoms with Crippen molar-refractivity contribution in [3.8, 4) is 11.5 Å². The largest absolute Gasteiger partial charge is 0.454 e. The van der Waals surface area contributed by atoms with Gasteiger partial charge in [-0.3, -0.25) is 9.69 Å². The van der Waals surface area contributed by atoms with Crippen LogP contribution in [0.15, 0.2) is 78.9 Å². The molecule has 0 fully saturated rings. The van der Waals surface area contributed by atoms with E-state index in [1.54, 1.807) is 6.07 Å². The van der Waals surface area contributed by atoms with E-state index in [0.717, 1.165) is 0 Å². The lowest BCUT2D eigenvalue weighted by atomic mass is 10.1. The summed E-state index contributed by atoms with van der Waals surface area (Å²) in [6.07, 6.45) is 0. The second-order valence-electron chi connectivity index (χ2n) is 6.73. The Balaban J connectivity index is 1.44. The van der Waals surface area contributed by atoms with Crippen LogP contribution in [-0.4, -0.2) is 24.1 Å². The van der Waals surface area contributed by atoms with Crippen molar-refractivity contribution in [2.24, 2.45) is 0 Å². The lowest BCUT2D eigenvalue weighted by Gasteiger charge is -2.22. The smallest absolute Gasteiger partial charge is 0.238 e. The van der Waals surface area contributed by atoms with Crippen molar-refractivity contribution in [3.63, 3.8) is 0 Å². The topological polar surface area (TPSA) is 50.8 Å². The van der Waals surface area contributed by atoms with Gasteiger partial charge in [-0.2, -0.15) is 0 Å². The summed E-state index contributed by atoms with van der Waals surface area (Å²) < 4.78 is 10.7. The van der Waals surface area contributed by atoms with Gasteiger partial charge >= 0.3 is 0 Å². The van der Waals surface area contributed by atoms with Crippen molar-refractivity contribution in [1.29, 1.82) is 0 Å². The lowest BCUT2D eigenvalue weighted by molar-refractivity contribution is -0.117. The molecule has 1 aliphatic rings. The van der Waals surface area contributed by atoms with Crippen molar-refractivity contribution in [2.75, 3.05) is 18.7 Å².